The Morgan fingerprint density at radius 3 is 2.19 bits per heavy atom. The molecule has 2 aromatic rings. The molecule has 1 saturated heterocycles. The molecular weight excluding hydrogens is 345 g/mol. The van der Waals surface area contributed by atoms with E-state index < -0.39 is 11.7 Å². The van der Waals surface area contributed by atoms with Crippen LogP contribution in [0.1, 0.15) is 11.1 Å². The highest BCUT2D eigenvalue weighted by Gasteiger charge is 2.29. The molecule has 134 valence electrons. The van der Waals surface area contributed by atoms with Gasteiger partial charge >= 0.3 is 6.18 Å². The van der Waals surface area contributed by atoms with Crippen LogP contribution in [-0.4, -0.2) is 47.0 Å². The van der Waals surface area contributed by atoms with Gasteiger partial charge in [-0.05, 0) is 30.3 Å². The maximum Gasteiger partial charge on any atom is 0.416 e. The number of hydrogen-bond acceptors (Lipinski definition) is 4. The van der Waals surface area contributed by atoms with E-state index in [-0.39, 0.29) is 5.91 Å². The third-order valence-corrected chi connectivity index (χ3v) is 3.93. The van der Waals surface area contributed by atoms with Gasteiger partial charge in [0.1, 0.15) is 0 Å². The van der Waals surface area contributed by atoms with Crippen LogP contribution in [0.2, 0.25) is 0 Å². The van der Waals surface area contributed by atoms with Gasteiger partial charge in [0.25, 0.3) is 5.91 Å². The van der Waals surface area contributed by atoms with Gasteiger partial charge in [-0.1, -0.05) is 5.92 Å². The Morgan fingerprint density at radius 1 is 1.00 bits per heavy atom. The zero-order valence-electron chi connectivity index (χ0n) is 13.7. The van der Waals surface area contributed by atoms with Crippen molar-refractivity contribution < 1.29 is 18.0 Å². The van der Waals surface area contributed by atoms with Crippen LogP contribution in [0.5, 0.6) is 0 Å². The Hall–Kier alpha value is -3.08. The van der Waals surface area contributed by atoms with E-state index >= 15 is 0 Å². The number of benzene rings is 1. The van der Waals surface area contributed by atoms with Crippen molar-refractivity contribution in [3.63, 3.8) is 0 Å². The number of alkyl halides is 3. The summed E-state index contributed by atoms with van der Waals surface area (Å²) in [5, 5.41) is 0. The second kappa shape index (κ2) is 7.44. The van der Waals surface area contributed by atoms with Crippen LogP contribution < -0.4 is 4.90 Å². The lowest BCUT2D eigenvalue weighted by atomic mass is 10.1. The summed E-state index contributed by atoms with van der Waals surface area (Å²) in [6, 6.07) is 6.15. The van der Waals surface area contributed by atoms with Crippen LogP contribution in [0.4, 0.5) is 19.1 Å². The predicted molar refractivity (Wildman–Crippen MR) is 89.1 cm³/mol. The fourth-order valence-corrected chi connectivity index (χ4v) is 2.51. The minimum Gasteiger partial charge on any atom is -0.337 e. The third-order valence-electron chi connectivity index (χ3n) is 3.93. The summed E-state index contributed by atoms with van der Waals surface area (Å²) in [6.07, 6.45) is -1.06. The first kappa shape index (κ1) is 17.7. The fourth-order valence-electron chi connectivity index (χ4n) is 2.51. The average Bonchev–Trinajstić information content (AvgIpc) is 2.66. The van der Waals surface area contributed by atoms with Gasteiger partial charge in [-0.15, -0.1) is 0 Å². The van der Waals surface area contributed by atoms with Gasteiger partial charge in [-0.25, -0.2) is 9.97 Å². The third kappa shape index (κ3) is 4.30. The van der Waals surface area contributed by atoms with Crippen molar-refractivity contribution in [1.82, 2.24) is 14.9 Å². The Balaban J connectivity index is 1.57. The van der Waals surface area contributed by atoms with Crippen molar-refractivity contribution in [3.8, 4) is 11.8 Å². The highest BCUT2D eigenvalue weighted by atomic mass is 19.4. The normalized spacial score (nSPS) is 14.6. The number of amides is 1. The zero-order chi connectivity index (χ0) is 18.6. The molecule has 0 saturated carbocycles. The summed E-state index contributed by atoms with van der Waals surface area (Å²) in [6.45, 7) is 2.16. The molecule has 0 bridgehead atoms. The monoisotopic (exact) mass is 360 g/mol. The number of anilines is 1. The van der Waals surface area contributed by atoms with E-state index in [0.29, 0.717) is 37.7 Å². The lowest BCUT2D eigenvalue weighted by Gasteiger charge is -2.33. The van der Waals surface area contributed by atoms with Crippen molar-refractivity contribution in [2.24, 2.45) is 0 Å². The second-order valence-electron chi connectivity index (χ2n) is 5.65. The highest BCUT2D eigenvalue weighted by Crippen LogP contribution is 2.28. The SMILES string of the molecule is O=C(C#Cc1ccc(C(F)(F)F)cc1)N1CCN(c2ncccn2)CC1. The smallest absolute Gasteiger partial charge is 0.337 e. The number of rotatable bonds is 1. The molecule has 0 radical (unpaired) electrons. The van der Waals surface area contributed by atoms with Crippen molar-refractivity contribution in [3.05, 3.63) is 53.9 Å². The number of aromatic nitrogens is 2. The lowest BCUT2D eigenvalue weighted by Crippen LogP contribution is -2.49. The summed E-state index contributed by atoms with van der Waals surface area (Å²) < 4.78 is 37.6. The molecule has 8 heteroatoms. The van der Waals surface area contributed by atoms with Crippen molar-refractivity contribution in [2.45, 2.75) is 6.18 Å². The minimum absolute atomic E-state index is 0.349. The second-order valence-corrected chi connectivity index (χ2v) is 5.65. The summed E-state index contributed by atoms with van der Waals surface area (Å²) in [4.78, 5) is 24.1. The molecule has 1 amide bonds. The quantitative estimate of drug-likeness (QED) is 0.732. The number of piperazine rings is 1. The van der Waals surface area contributed by atoms with E-state index in [9.17, 15) is 18.0 Å². The number of halogens is 3. The van der Waals surface area contributed by atoms with E-state index in [1.54, 1.807) is 23.4 Å². The first-order valence-electron chi connectivity index (χ1n) is 7.93. The standard InChI is InChI=1S/C18H15F3N4O/c19-18(20,21)15-5-2-14(3-6-15)4-7-16(26)24-10-12-25(13-11-24)17-22-8-1-9-23-17/h1-3,5-6,8-9H,10-13H2. The molecule has 5 nitrogen and oxygen atoms in total. The van der Waals surface area contributed by atoms with Gasteiger partial charge in [-0.2, -0.15) is 13.2 Å². The molecule has 3 rings (SSSR count). The Labute approximate surface area is 148 Å². The Morgan fingerprint density at radius 2 is 1.62 bits per heavy atom. The van der Waals surface area contributed by atoms with E-state index in [4.69, 9.17) is 0 Å². The van der Waals surface area contributed by atoms with Gasteiger partial charge in [0, 0.05) is 50.1 Å². The molecule has 1 aromatic heterocycles. The van der Waals surface area contributed by atoms with Crippen molar-refractivity contribution in [1.29, 1.82) is 0 Å². The molecule has 1 fully saturated rings. The molecule has 1 aliphatic heterocycles. The van der Waals surface area contributed by atoms with Gasteiger partial charge < -0.3 is 9.80 Å². The minimum atomic E-state index is -4.38. The highest BCUT2D eigenvalue weighted by molar-refractivity contribution is 5.94. The van der Waals surface area contributed by atoms with Crippen molar-refractivity contribution >= 4 is 11.9 Å². The fraction of sp³-hybridized carbons (Fsp3) is 0.278. The van der Waals surface area contributed by atoms with Crippen molar-refractivity contribution in [2.75, 3.05) is 31.1 Å². The lowest BCUT2D eigenvalue weighted by molar-refractivity contribution is -0.137. The number of nitrogens with zero attached hydrogens (tertiary/aromatic N) is 4. The molecule has 0 atom stereocenters. The van der Waals surface area contributed by atoms with Gasteiger partial charge in [-0.3, -0.25) is 4.79 Å². The Bertz CT molecular complexity index is 818. The molecule has 0 unspecified atom stereocenters. The molecule has 26 heavy (non-hydrogen) atoms. The molecular formula is C18H15F3N4O. The van der Waals surface area contributed by atoms with Crippen LogP contribution in [0.15, 0.2) is 42.7 Å². The van der Waals surface area contributed by atoms with Crippen LogP contribution in [0, 0.1) is 11.8 Å². The van der Waals surface area contributed by atoms with Gasteiger partial charge in [0.2, 0.25) is 5.95 Å². The van der Waals surface area contributed by atoms with Gasteiger partial charge in [0.15, 0.2) is 0 Å². The largest absolute Gasteiger partial charge is 0.416 e. The van der Waals surface area contributed by atoms with E-state index in [0.717, 1.165) is 12.1 Å². The topological polar surface area (TPSA) is 49.3 Å². The molecule has 1 aliphatic rings. The van der Waals surface area contributed by atoms with Crippen LogP contribution >= 0.6 is 0 Å². The first-order chi connectivity index (χ1) is 12.4. The summed E-state index contributed by atoms with van der Waals surface area (Å²) >= 11 is 0. The molecule has 0 spiro atoms. The molecule has 2 heterocycles. The Kier molecular flexibility index (Phi) is 5.07. The number of hydrogen-bond donors (Lipinski definition) is 0. The number of carbonyl (C=O) groups is 1. The average molecular weight is 360 g/mol. The van der Waals surface area contributed by atoms with Gasteiger partial charge in [0.05, 0.1) is 5.56 Å². The first-order valence-corrected chi connectivity index (χ1v) is 7.93. The maximum absolute atomic E-state index is 12.5. The van der Waals surface area contributed by atoms with E-state index in [1.807, 2.05) is 4.90 Å². The summed E-state index contributed by atoms with van der Waals surface area (Å²) in [7, 11) is 0. The molecule has 1 aromatic carbocycles. The number of carbonyl (C=O) groups excluding carboxylic acids is 1. The maximum atomic E-state index is 12.5. The van der Waals surface area contributed by atoms with Crippen LogP contribution in [-0.2, 0) is 11.0 Å². The molecule has 0 aliphatic carbocycles. The molecule has 0 N–H and O–H groups in total. The summed E-state index contributed by atoms with van der Waals surface area (Å²) in [5.74, 6) is 5.38. The van der Waals surface area contributed by atoms with Crippen LogP contribution in [0.25, 0.3) is 0 Å². The van der Waals surface area contributed by atoms with E-state index in [1.165, 1.54) is 12.1 Å². The summed E-state index contributed by atoms with van der Waals surface area (Å²) in [5.41, 5.74) is -0.378. The van der Waals surface area contributed by atoms with E-state index in [2.05, 4.69) is 21.8 Å². The van der Waals surface area contributed by atoms with Crippen LogP contribution in [0.3, 0.4) is 0 Å². The zero-order valence-corrected chi connectivity index (χ0v) is 13.7. The predicted octanol–water partition coefficient (Wildman–Crippen LogP) is 2.20.